The molecule has 1 saturated carbocycles. The lowest BCUT2D eigenvalue weighted by Gasteiger charge is -2.33. The molecule has 1 aliphatic rings. The molecule has 0 unspecified atom stereocenters. The van der Waals surface area contributed by atoms with E-state index < -0.39 is 0 Å². The van der Waals surface area contributed by atoms with E-state index in [2.05, 4.69) is 34.5 Å². The molecule has 2 aromatic carbocycles. The van der Waals surface area contributed by atoms with Crippen molar-refractivity contribution < 1.29 is 9.90 Å². The largest absolute Gasteiger partial charge is 0.396 e. The standard InChI is InChI=1S/C24H32N2O2/c27-18-10-17-26(19-23(28)25-22-15-8-3-9-16-22)24(20-11-4-1-5-12-20)21-13-6-2-7-14-21/h1-2,4-7,11-14,22,24,27H,3,8-10,15-19H2,(H,25,28). The molecule has 0 aromatic heterocycles. The summed E-state index contributed by atoms with van der Waals surface area (Å²) in [6.45, 7) is 1.13. The Morgan fingerprint density at radius 2 is 1.54 bits per heavy atom. The molecule has 0 aliphatic heterocycles. The van der Waals surface area contributed by atoms with Crippen molar-refractivity contribution in [2.45, 2.75) is 50.6 Å². The van der Waals surface area contributed by atoms with Gasteiger partial charge in [0.1, 0.15) is 0 Å². The molecule has 2 aromatic rings. The van der Waals surface area contributed by atoms with Gasteiger partial charge < -0.3 is 10.4 Å². The highest BCUT2D eigenvalue weighted by Gasteiger charge is 2.25. The minimum atomic E-state index is -0.00828. The van der Waals surface area contributed by atoms with Crippen molar-refractivity contribution in [3.05, 3.63) is 71.8 Å². The van der Waals surface area contributed by atoms with Gasteiger partial charge in [-0.25, -0.2) is 0 Å². The van der Waals surface area contributed by atoms with Crippen molar-refractivity contribution in [1.82, 2.24) is 10.2 Å². The summed E-state index contributed by atoms with van der Waals surface area (Å²) < 4.78 is 0. The first-order valence-corrected chi connectivity index (χ1v) is 10.5. The van der Waals surface area contributed by atoms with E-state index in [0.717, 1.165) is 24.0 Å². The van der Waals surface area contributed by atoms with Crippen LogP contribution in [0.1, 0.15) is 55.7 Å². The molecule has 0 bridgehead atoms. The molecule has 0 heterocycles. The topological polar surface area (TPSA) is 52.6 Å². The molecule has 4 heteroatoms. The Morgan fingerprint density at radius 1 is 0.964 bits per heavy atom. The number of hydrogen-bond donors (Lipinski definition) is 2. The van der Waals surface area contributed by atoms with Crippen LogP contribution >= 0.6 is 0 Å². The second-order valence-electron chi connectivity index (χ2n) is 7.67. The first-order chi connectivity index (χ1) is 13.8. The first-order valence-electron chi connectivity index (χ1n) is 10.5. The van der Waals surface area contributed by atoms with Gasteiger partial charge in [0.25, 0.3) is 0 Å². The summed E-state index contributed by atoms with van der Waals surface area (Å²) in [6, 6.07) is 20.9. The van der Waals surface area contributed by atoms with Gasteiger partial charge in [-0.2, -0.15) is 0 Å². The normalized spacial score (nSPS) is 15.1. The van der Waals surface area contributed by atoms with E-state index in [4.69, 9.17) is 0 Å². The van der Waals surface area contributed by atoms with Crippen molar-refractivity contribution in [3.63, 3.8) is 0 Å². The number of nitrogens with one attached hydrogen (secondary N) is 1. The molecule has 0 atom stereocenters. The van der Waals surface area contributed by atoms with E-state index >= 15 is 0 Å². The van der Waals surface area contributed by atoms with Gasteiger partial charge >= 0.3 is 0 Å². The Labute approximate surface area is 168 Å². The molecule has 0 saturated heterocycles. The van der Waals surface area contributed by atoms with Crippen LogP contribution in [0.5, 0.6) is 0 Å². The van der Waals surface area contributed by atoms with Crippen molar-refractivity contribution >= 4 is 5.91 Å². The second kappa shape index (κ2) is 11.0. The zero-order valence-electron chi connectivity index (χ0n) is 16.6. The average molecular weight is 381 g/mol. The van der Waals surface area contributed by atoms with Gasteiger partial charge in [0.05, 0.1) is 12.6 Å². The van der Waals surface area contributed by atoms with Crippen LogP contribution in [0, 0.1) is 0 Å². The van der Waals surface area contributed by atoms with Gasteiger partial charge in [-0.05, 0) is 30.4 Å². The Bertz CT molecular complexity index is 660. The lowest BCUT2D eigenvalue weighted by Crippen LogP contribution is -2.44. The Kier molecular flexibility index (Phi) is 8.07. The SMILES string of the molecule is O=C(CN(CCCO)C(c1ccccc1)c1ccccc1)NC1CCCCC1. The van der Waals surface area contributed by atoms with E-state index in [1.807, 2.05) is 36.4 Å². The summed E-state index contributed by atoms with van der Waals surface area (Å²) in [5.41, 5.74) is 2.33. The van der Waals surface area contributed by atoms with Crippen molar-refractivity contribution in [2.24, 2.45) is 0 Å². The number of amides is 1. The number of aliphatic hydroxyl groups excluding tert-OH is 1. The molecule has 4 nitrogen and oxygen atoms in total. The predicted molar refractivity (Wildman–Crippen MR) is 113 cm³/mol. The van der Waals surface area contributed by atoms with Crippen LogP contribution in [0.25, 0.3) is 0 Å². The Hall–Kier alpha value is -2.17. The van der Waals surface area contributed by atoms with Gasteiger partial charge in [-0.3, -0.25) is 9.69 Å². The monoisotopic (exact) mass is 380 g/mol. The fourth-order valence-electron chi connectivity index (χ4n) is 4.16. The summed E-state index contributed by atoms with van der Waals surface area (Å²) in [7, 11) is 0. The Morgan fingerprint density at radius 3 is 2.07 bits per heavy atom. The molecule has 0 radical (unpaired) electrons. The van der Waals surface area contributed by atoms with E-state index in [0.29, 0.717) is 25.6 Å². The van der Waals surface area contributed by atoms with Gasteiger partial charge in [0.15, 0.2) is 0 Å². The Balaban J connectivity index is 1.80. The fourth-order valence-corrected chi connectivity index (χ4v) is 4.16. The zero-order valence-corrected chi connectivity index (χ0v) is 16.6. The first kappa shape index (κ1) is 20.6. The van der Waals surface area contributed by atoms with Crippen LogP contribution in [0.15, 0.2) is 60.7 Å². The predicted octanol–water partition coefficient (Wildman–Crippen LogP) is 3.91. The molecule has 1 amide bonds. The summed E-state index contributed by atoms with van der Waals surface area (Å²) in [5.74, 6) is 0.0849. The smallest absolute Gasteiger partial charge is 0.234 e. The van der Waals surface area contributed by atoms with Gasteiger partial charge in [-0.15, -0.1) is 0 Å². The van der Waals surface area contributed by atoms with E-state index in [9.17, 15) is 9.90 Å². The molecule has 0 spiro atoms. The molecular formula is C24H32N2O2. The van der Waals surface area contributed by atoms with Crippen molar-refractivity contribution in [3.8, 4) is 0 Å². The molecule has 150 valence electrons. The summed E-state index contributed by atoms with van der Waals surface area (Å²) >= 11 is 0. The highest BCUT2D eigenvalue weighted by Crippen LogP contribution is 2.28. The van der Waals surface area contributed by atoms with Gasteiger partial charge in [-0.1, -0.05) is 79.9 Å². The maximum absolute atomic E-state index is 12.8. The molecule has 1 aliphatic carbocycles. The van der Waals surface area contributed by atoms with Crippen LogP contribution < -0.4 is 5.32 Å². The number of aliphatic hydroxyl groups is 1. The van der Waals surface area contributed by atoms with Crippen molar-refractivity contribution in [1.29, 1.82) is 0 Å². The maximum Gasteiger partial charge on any atom is 0.234 e. The van der Waals surface area contributed by atoms with Gasteiger partial charge in [0, 0.05) is 19.2 Å². The minimum Gasteiger partial charge on any atom is -0.396 e. The highest BCUT2D eigenvalue weighted by atomic mass is 16.3. The van der Waals surface area contributed by atoms with Crippen LogP contribution in [0.3, 0.4) is 0 Å². The highest BCUT2D eigenvalue weighted by molar-refractivity contribution is 5.78. The number of benzene rings is 2. The van der Waals surface area contributed by atoms with Gasteiger partial charge in [0.2, 0.25) is 5.91 Å². The lowest BCUT2D eigenvalue weighted by atomic mass is 9.95. The van der Waals surface area contributed by atoms with E-state index in [-0.39, 0.29) is 18.6 Å². The van der Waals surface area contributed by atoms with Crippen LogP contribution in [0.2, 0.25) is 0 Å². The number of nitrogens with zero attached hydrogens (tertiary/aromatic N) is 1. The summed E-state index contributed by atoms with van der Waals surface area (Å²) in [5, 5.41) is 12.6. The second-order valence-corrected chi connectivity index (χ2v) is 7.67. The van der Waals surface area contributed by atoms with Crippen LogP contribution in [-0.4, -0.2) is 41.7 Å². The summed E-state index contributed by atoms with van der Waals surface area (Å²) in [6.07, 6.45) is 6.50. The maximum atomic E-state index is 12.8. The van der Waals surface area contributed by atoms with Crippen LogP contribution in [-0.2, 0) is 4.79 Å². The molecule has 1 fully saturated rings. The third-order valence-corrected chi connectivity index (χ3v) is 5.52. The van der Waals surface area contributed by atoms with Crippen molar-refractivity contribution in [2.75, 3.05) is 19.7 Å². The fraction of sp³-hybridized carbons (Fsp3) is 0.458. The quantitative estimate of drug-likeness (QED) is 0.693. The minimum absolute atomic E-state index is 0.00828. The molecule has 3 rings (SSSR count). The molecule has 2 N–H and O–H groups in total. The summed E-state index contributed by atoms with van der Waals surface area (Å²) in [4.78, 5) is 15.0. The number of hydrogen-bond acceptors (Lipinski definition) is 3. The lowest BCUT2D eigenvalue weighted by molar-refractivity contribution is -0.123. The number of rotatable bonds is 9. The number of carbonyl (C=O) groups excluding carboxylic acids is 1. The average Bonchev–Trinajstić information content (AvgIpc) is 2.74. The molecule has 28 heavy (non-hydrogen) atoms. The number of carbonyl (C=O) groups is 1. The van der Waals surface area contributed by atoms with E-state index in [1.54, 1.807) is 0 Å². The molecular weight excluding hydrogens is 348 g/mol. The van der Waals surface area contributed by atoms with Crippen LogP contribution in [0.4, 0.5) is 0 Å². The third-order valence-electron chi connectivity index (χ3n) is 5.52. The zero-order chi connectivity index (χ0) is 19.6. The van der Waals surface area contributed by atoms with E-state index in [1.165, 1.54) is 19.3 Å². The third kappa shape index (κ3) is 5.91.